The summed E-state index contributed by atoms with van der Waals surface area (Å²) in [5, 5.41) is 36.0. The smallest absolute Gasteiger partial charge is 0.340 e. The Morgan fingerprint density at radius 2 is 1.45 bits per heavy atom. The van der Waals surface area contributed by atoms with E-state index in [-0.39, 0.29) is 63.4 Å². The fourth-order valence-corrected chi connectivity index (χ4v) is 10.6. The van der Waals surface area contributed by atoms with Gasteiger partial charge < -0.3 is 55.5 Å². The van der Waals surface area contributed by atoms with E-state index in [0.717, 1.165) is 66.4 Å². The van der Waals surface area contributed by atoms with Crippen molar-refractivity contribution in [3.05, 3.63) is 129 Å². The second kappa shape index (κ2) is 20.0. The summed E-state index contributed by atoms with van der Waals surface area (Å²) in [4.78, 5) is 44.8. The Labute approximate surface area is 432 Å². The molecule has 2 atom stereocenters. The van der Waals surface area contributed by atoms with Gasteiger partial charge in [0, 0.05) is 110 Å². The van der Waals surface area contributed by atoms with Gasteiger partial charge in [0.05, 0.1) is 29.6 Å². The van der Waals surface area contributed by atoms with Crippen LogP contribution in [-0.2, 0) is 26.0 Å². The zero-order chi connectivity index (χ0) is 52.1. The monoisotopic (exact) mass is 1010 g/mol. The lowest BCUT2D eigenvalue weighted by Gasteiger charge is -2.36. The molecule has 5 heterocycles. The Morgan fingerprint density at radius 1 is 0.784 bits per heavy atom. The second-order valence-electron chi connectivity index (χ2n) is 22.2. The van der Waals surface area contributed by atoms with Crippen LogP contribution in [0.3, 0.4) is 0 Å². The number of hydrazine groups is 2. The highest BCUT2D eigenvalue weighted by atomic mass is 16.6. The number of phenols is 2. The number of nitrogens with zero attached hydrogens (tertiary/aromatic N) is 3. The molecule has 2 fully saturated rings. The maximum Gasteiger partial charge on any atom is 0.340 e. The minimum absolute atomic E-state index is 0.0178. The third-order valence-corrected chi connectivity index (χ3v) is 14.7. The molecule has 2 unspecified atom stereocenters. The molecule has 5 aromatic carbocycles. The average molecular weight is 1010 g/mol. The Kier molecular flexibility index (Phi) is 13.6. The molecule has 5 aliphatic rings. The molecule has 74 heavy (non-hydrogen) atoms. The van der Waals surface area contributed by atoms with Crippen LogP contribution >= 0.6 is 0 Å². The lowest BCUT2D eigenvalue weighted by molar-refractivity contribution is -0.121. The molecule has 5 aromatic rings. The first kappa shape index (κ1) is 50.5. The van der Waals surface area contributed by atoms with Crippen LogP contribution in [-0.4, -0.2) is 110 Å². The second-order valence-corrected chi connectivity index (χ2v) is 22.2. The van der Waals surface area contributed by atoms with Crippen LogP contribution in [0.15, 0.2) is 84.9 Å². The van der Waals surface area contributed by atoms with Gasteiger partial charge in [-0.25, -0.2) is 15.2 Å². The van der Waals surface area contributed by atoms with E-state index in [4.69, 9.17) is 14.2 Å². The van der Waals surface area contributed by atoms with Gasteiger partial charge in [-0.1, -0.05) is 47.6 Å². The molecule has 0 aromatic heterocycles. The first-order chi connectivity index (χ1) is 35.3. The van der Waals surface area contributed by atoms with E-state index in [1.807, 2.05) is 5.01 Å². The normalized spacial score (nSPS) is 18.9. The highest BCUT2D eigenvalue weighted by molar-refractivity contribution is 6.01. The maximum absolute atomic E-state index is 13.6. The maximum atomic E-state index is 13.6. The number of hydrogen-bond acceptors (Lipinski definition) is 15. The SMILES string of the molecule is CN1CCN(c2ccc3c(c2)NC(c2cc(C(C)(C)C)c(OCCCC(=O)NCCCN4CC(CNC(=O)c5ccc6c(c5)C(=O)OC65c6ccc(O)cc6Oc6cc(O)ccc65)NN4)c(C(C)(C)C)c2)N3)CC1. The molecular weight excluding hydrogens is 939 g/mol. The van der Waals surface area contributed by atoms with Gasteiger partial charge in [0.15, 0.2) is 5.60 Å². The van der Waals surface area contributed by atoms with Crippen molar-refractivity contribution in [3.63, 3.8) is 0 Å². The van der Waals surface area contributed by atoms with Crippen molar-refractivity contribution in [2.24, 2.45) is 0 Å². The largest absolute Gasteiger partial charge is 0.508 e. The number of nitrogens with one attached hydrogen (secondary N) is 6. The van der Waals surface area contributed by atoms with Gasteiger partial charge in [-0.15, -0.1) is 0 Å². The Balaban J connectivity index is 0.677. The van der Waals surface area contributed by atoms with Crippen LogP contribution in [0.4, 0.5) is 17.1 Å². The third-order valence-electron chi connectivity index (χ3n) is 14.7. The molecule has 0 bridgehead atoms. The molecule has 2 saturated heterocycles. The molecule has 17 nitrogen and oxygen atoms in total. The summed E-state index contributed by atoms with van der Waals surface area (Å²) < 4.78 is 18.9. The summed E-state index contributed by atoms with van der Waals surface area (Å²) in [6.07, 6.45) is 1.56. The number of piperazine rings is 1. The number of rotatable bonds is 14. The summed E-state index contributed by atoms with van der Waals surface area (Å²) in [7, 11) is 2.18. The van der Waals surface area contributed by atoms with E-state index < -0.39 is 11.6 Å². The van der Waals surface area contributed by atoms with Crippen LogP contribution in [0.25, 0.3) is 0 Å². The number of benzene rings is 5. The highest BCUT2D eigenvalue weighted by Crippen LogP contribution is 2.57. The third kappa shape index (κ3) is 10.1. The summed E-state index contributed by atoms with van der Waals surface area (Å²) >= 11 is 0. The standard InChI is InChI=1S/C57H69N9O8/c1-55(2,3)44-27-35(52-60-46-18-12-37(29-47(46)61-52)65-23-21-64(7)22-24-65)28-45(56(4,5)6)51(44)72-25-8-10-50(69)58-19-9-20-66-33-36(62-63-66)32-59-53(70)34-11-15-41-40(26-34)54(71)74-57(41)42-16-13-38(67)30-48(42)73-49-31-39(68)14-17-43(49)57/h11-18,26-31,36,52,60-63,67-68H,8-10,19-25,32-33H2,1-7H3,(H,58,69)(H,59,70). The first-order valence-electron chi connectivity index (χ1n) is 25.8. The molecule has 0 aliphatic carbocycles. The van der Waals surface area contributed by atoms with Crippen molar-refractivity contribution in [1.82, 2.24) is 31.5 Å². The number of hydrogen-bond donors (Lipinski definition) is 8. The molecule has 1 spiro atoms. The van der Waals surface area contributed by atoms with Crippen LogP contribution in [0.5, 0.6) is 28.7 Å². The molecular formula is C57H69N9O8. The van der Waals surface area contributed by atoms with E-state index in [1.54, 1.807) is 24.3 Å². The quantitative estimate of drug-likeness (QED) is 0.0406. The minimum Gasteiger partial charge on any atom is -0.508 e. The molecule has 0 radical (unpaired) electrons. The number of carbonyl (C=O) groups is 3. The molecule has 0 saturated carbocycles. The summed E-state index contributed by atoms with van der Waals surface area (Å²) in [5.74, 6) is 0.400. The predicted molar refractivity (Wildman–Crippen MR) is 284 cm³/mol. The van der Waals surface area contributed by atoms with Crippen molar-refractivity contribution < 1.29 is 38.8 Å². The molecule has 5 aliphatic heterocycles. The summed E-state index contributed by atoms with van der Waals surface area (Å²) in [6.45, 7) is 20.0. The van der Waals surface area contributed by atoms with E-state index in [1.165, 1.54) is 36.0 Å². The lowest BCUT2D eigenvalue weighted by Crippen LogP contribution is -2.44. The number of phenolic OH excluding ortho intramolecular Hbond substituents is 2. The number of amides is 2. The topological polar surface area (TPSA) is 201 Å². The Bertz CT molecular complexity index is 2890. The van der Waals surface area contributed by atoms with Gasteiger partial charge >= 0.3 is 5.97 Å². The molecule has 390 valence electrons. The zero-order valence-electron chi connectivity index (χ0n) is 43.4. The van der Waals surface area contributed by atoms with E-state index >= 15 is 0 Å². The fourth-order valence-electron chi connectivity index (χ4n) is 10.6. The predicted octanol–water partition coefficient (Wildman–Crippen LogP) is 7.34. The zero-order valence-corrected chi connectivity index (χ0v) is 43.4. The number of ether oxygens (including phenoxy) is 3. The fraction of sp³-hybridized carbons (Fsp3) is 0.421. The van der Waals surface area contributed by atoms with Crippen molar-refractivity contribution >= 4 is 34.8 Å². The number of esters is 1. The summed E-state index contributed by atoms with van der Waals surface area (Å²) in [6, 6.07) is 25.2. The van der Waals surface area contributed by atoms with Gasteiger partial charge in [0.2, 0.25) is 5.91 Å². The highest BCUT2D eigenvalue weighted by Gasteiger charge is 2.54. The van der Waals surface area contributed by atoms with Gasteiger partial charge in [-0.2, -0.15) is 5.53 Å². The average Bonchev–Trinajstić information content (AvgIpc) is 4.11. The summed E-state index contributed by atoms with van der Waals surface area (Å²) in [5.41, 5.74) is 13.5. The lowest BCUT2D eigenvalue weighted by atomic mass is 9.77. The van der Waals surface area contributed by atoms with Crippen molar-refractivity contribution in [3.8, 4) is 28.7 Å². The van der Waals surface area contributed by atoms with Crippen LogP contribution in [0.2, 0.25) is 0 Å². The first-order valence-corrected chi connectivity index (χ1v) is 25.8. The van der Waals surface area contributed by atoms with Gasteiger partial charge in [0.1, 0.15) is 34.9 Å². The minimum atomic E-state index is -1.41. The van der Waals surface area contributed by atoms with Gasteiger partial charge in [-0.3, -0.25) is 9.59 Å². The number of aromatic hydroxyl groups is 2. The van der Waals surface area contributed by atoms with Gasteiger partial charge in [0.25, 0.3) is 5.91 Å². The molecule has 17 heteroatoms. The van der Waals surface area contributed by atoms with E-state index in [0.29, 0.717) is 67.9 Å². The van der Waals surface area contributed by atoms with Crippen molar-refractivity contribution in [2.45, 2.75) is 89.4 Å². The number of carbonyl (C=O) groups excluding carboxylic acids is 3. The van der Waals surface area contributed by atoms with Crippen LogP contribution in [0.1, 0.15) is 121 Å². The number of anilines is 3. The Morgan fingerprint density at radius 3 is 2.12 bits per heavy atom. The molecule has 2 amide bonds. The number of likely N-dealkylation sites (N-methyl/N-ethyl adjacent to an activating group) is 1. The van der Waals surface area contributed by atoms with Gasteiger partial charge in [-0.05, 0) is 103 Å². The van der Waals surface area contributed by atoms with E-state index in [2.05, 4.69) is 121 Å². The van der Waals surface area contributed by atoms with E-state index in [9.17, 15) is 24.6 Å². The van der Waals surface area contributed by atoms with Crippen molar-refractivity contribution in [1.29, 1.82) is 0 Å². The van der Waals surface area contributed by atoms with Crippen LogP contribution < -0.4 is 46.6 Å². The van der Waals surface area contributed by atoms with Crippen molar-refractivity contribution in [2.75, 3.05) is 81.5 Å². The Hall–Kier alpha value is -7.05. The molecule has 10 rings (SSSR count). The molecule has 8 N–H and O–H groups in total. The number of fused-ring (bicyclic) bond motifs is 7. The van der Waals surface area contributed by atoms with Crippen LogP contribution in [0, 0.1) is 0 Å².